The molecular formula is C14H15ClN2. The fourth-order valence-electron chi connectivity index (χ4n) is 1.74. The second-order valence-corrected chi connectivity index (χ2v) is 4.45. The number of nitrogens with zero attached hydrogens (tertiary/aromatic N) is 1. The van der Waals surface area contributed by atoms with E-state index in [-0.39, 0.29) is 0 Å². The zero-order chi connectivity index (χ0) is 12.3. The van der Waals surface area contributed by atoms with Gasteiger partial charge in [-0.25, -0.2) is 0 Å². The van der Waals surface area contributed by atoms with Crippen LogP contribution >= 0.6 is 11.6 Å². The van der Waals surface area contributed by atoms with Crippen molar-refractivity contribution in [2.75, 3.05) is 17.7 Å². The lowest BCUT2D eigenvalue weighted by Crippen LogP contribution is -2.16. The highest BCUT2D eigenvalue weighted by molar-refractivity contribution is 6.31. The van der Waals surface area contributed by atoms with Crippen LogP contribution in [0.4, 0.5) is 11.4 Å². The zero-order valence-electron chi connectivity index (χ0n) is 9.73. The van der Waals surface area contributed by atoms with Crippen molar-refractivity contribution in [2.45, 2.75) is 6.54 Å². The summed E-state index contributed by atoms with van der Waals surface area (Å²) in [6.45, 7) is 0.767. The Labute approximate surface area is 107 Å². The number of nitrogen functional groups attached to an aromatic ring is 1. The summed E-state index contributed by atoms with van der Waals surface area (Å²) in [6, 6.07) is 15.7. The van der Waals surface area contributed by atoms with E-state index in [4.69, 9.17) is 17.3 Å². The summed E-state index contributed by atoms with van der Waals surface area (Å²) in [6.07, 6.45) is 0. The van der Waals surface area contributed by atoms with E-state index in [2.05, 4.69) is 4.90 Å². The number of rotatable bonds is 3. The Balaban J connectivity index is 2.17. The summed E-state index contributed by atoms with van der Waals surface area (Å²) in [5, 5.41) is 0.795. The largest absolute Gasteiger partial charge is 0.399 e. The van der Waals surface area contributed by atoms with Crippen molar-refractivity contribution in [1.29, 1.82) is 0 Å². The molecule has 0 aliphatic rings. The number of halogens is 1. The molecule has 0 amide bonds. The molecule has 88 valence electrons. The fourth-order valence-corrected chi connectivity index (χ4v) is 1.93. The van der Waals surface area contributed by atoms with E-state index in [0.717, 1.165) is 28.5 Å². The van der Waals surface area contributed by atoms with Gasteiger partial charge in [0.1, 0.15) is 0 Å². The van der Waals surface area contributed by atoms with Crippen molar-refractivity contribution in [1.82, 2.24) is 0 Å². The first-order valence-electron chi connectivity index (χ1n) is 5.47. The maximum absolute atomic E-state index is 6.14. The van der Waals surface area contributed by atoms with Crippen LogP contribution in [0.25, 0.3) is 0 Å². The van der Waals surface area contributed by atoms with E-state index in [1.807, 2.05) is 55.6 Å². The molecule has 0 aliphatic carbocycles. The van der Waals surface area contributed by atoms with Crippen LogP contribution < -0.4 is 10.6 Å². The fraction of sp³-hybridized carbons (Fsp3) is 0.143. The highest BCUT2D eigenvalue weighted by atomic mass is 35.5. The molecular weight excluding hydrogens is 232 g/mol. The summed E-state index contributed by atoms with van der Waals surface area (Å²) in [4.78, 5) is 2.12. The summed E-state index contributed by atoms with van der Waals surface area (Å²) in [7, 11) is 2.03. The molecule has 3 heteroatoms. The van der Waals surface area contributed by atoms with Crippen molar-refractivity contribution >= 4 is 23.0 Å². The van der Waals surface area contributed by atoms with Crippen molar-refractivity contribution in [3.05, 3.63) is 59.1 Å². The average Bonchev–Trinajstić information content (AvgIpc) is 2.32. The minimum absolute atomic E-state index is 0.767. The van der Waals surface area contributed by atoms with Gasteiger partial charge in [0.2, 0.25) is 0 Å². The van der Waals surface area contributed by atoms with Gasteiger partial charge in [-0.3, -0.25) is 0 Å². The van der Waals surface area contributed by atoms with E-state index in [1.54, 1.807) is 0 Å². The second kappa shape index (κ2) is 5.11. The molecule has 0 saturated heterocycles. The van der Waals surface area contributed by atoms with E-state index in [9.17, 15) is 0 Å². The lowest BCUT2D eigenvalue weighted by Gasteiger charge is -2.20. The molecule has 2 aromatic carbocycles. The van der Waals surface area contributed by atoms with Crippen molar-refractivity contribution in [2.24, 2.45) is 0 Å². The summed E-state index contributed by atoms with van der Waals surface area (Å²) in [5.41, 5.74) is 8.74. The Bertz CT molecular complexity index is 511. The van der Waals surface area contributed by atoms with Gasteiger partial charge in [-0.2, -0.15) is 0 Å². The average molecular weight is 247 g/mol. The Morgan fingerprint density at radius 1 is 1.12 bits per heavy atom. The first-order valence-corrected chi connectivity index (χ1v) is 5.84. The predicted octanol–water partition coefficient (Wildman–Crippen LogP) is 3.56. The van der Waals surface area contributed by atoms with Gasteiger partial charge >= 0.3 is 0 Å². The third-order valence-electron chi connectivity index (χ3n) is 2.68. The lowest BCUT2D eigenvalue weighted by atomic mass is 10.2. The Morgan fingerprint density at radius 2 is 1.88 bits per heavy atom. The van der Waals surface area contributed by atoms with Crippen LogP contribution in [0.5, 0.6) is 0 Å². The molecule has 0 unspecified atom stereocenters. The SMILES string of the molecule is CN(Cc1ccccc1Cl)c1cccc(N)c1. The minimum Gasteiger partial charge on any atom is -0.399 e. The van der Waals surface area contributed by atoms with E-state index in [1.165, 1.54) is 0 Å². The zero-order valence-corrected chi connectivity index (χ0v) is 10.5. The number of hydrogen-bond donors (Lipinski definition) is 1. The van der Waals surface area contributed by atoms with E-state index >= 15 is 0 Å². The Hall–Kier alpha value is -1.67. The standard InChI is InChI=1S/C14H15ClN2/c1-17(13-7-4-6-12(16)9-13)10-11-5-2-3-8-14(11)15/h2-9H,10,16H2,1H3. The molecule has 2 aromatic rings. The second-order valence-electron chi connectivity index (χ2n) is 4.04. The van der Waals surface area contributed by atoms with Gasteiger partial charge in [0, 0.05) is 30.0 Å². The number of benzene rings is 2. The van der Waals surface area contributed by atoms with Gasteiger partial charge in [-0.05, 0) is 29.8 Å². The molecule has 2 rings (SSSR count). The van der Waals surface area contributed by atoms with Crippen LogP contribution in [-0.2, 0) is 6.54 Å². The molecule has 0 atom stereocenters. The van der Waals surface area contributed by atoms with Gasteiger partial charge in [0.15, 0.2) is 0 Å². The van der Waals surface area contributed by atoms with Crippen LogP contribution in [0.15, 0.2) is 48.5 Å². The topological polar surface area (TPSA) is 29.3 Å². The smallest absolute Gasteiger partial charge is 0.0455 e. The number of nitrogens with two attached hydrogens (primary N) is 1. The van der Waals surface area contributed by atoms with Crippen molar-refractivity contribution in [3.8, 4) is 0 Å². The summed E-state index contributed by atoms with van der Waals surface area (Å²) in [5.74, 6) is 0. The van der Waals surface area contributed by atoms with Gasteiger partial charge in [-0.1, -0.05) is 35.9 Å². The third-order valence-corrected chi connectivity index (χ3v) is 3.05. The van der Waals surface area contributed by atoms with Gasteiger partial charge in [-0.15, -0.1) is 0 Å². The molecule has 2 N–H and O–H groups in total. The first kappa shape index (κ1) is 11.8. The van der Waals surface area contributed by atoms with E-state index in [0.29, 0.717) is 0 Å². The molecule has 0 spiro atoms. The van der Waals surface area contributed by atoms with Gasteiger partial charge in [0.05, 0.1) is 0 Å². The predicted molar refractivity (Wildman–Crippen MR) is 74.4 cm³/mol. The normalized spacial score (nSPS) is 10.2. The summed E-state index contributed by atoms with van der Waals surface area (Å²) >= 11 is 6.14. The Morgan fingerprint density at radius 3 is 2.59 bits per heavy atom. The molecule has 0 radical (unpaired) electrons. The van der Waals surface area contributed by atoms with E-state index < -0.39 is 0 Å². The lowest BCUT2D eigenvalue weighted by molar-refractivity contribution is 0.924. The minimum atomic E-state index is 0.767. The maximum Gasteiger partial charge on any atom is 0.0455 e. The number of hydrogen-bond acceptors (Lipinski definition) is 2. The van der Waals surface area contributed by atoms with Crippen LogP contribution in [0, 0.1) is 0 Å². The third kappa shape index (κ3) is 2.92. The van der Waals surface area contributed by atoms with Crippen LogP contribution in [0.3, 0.4) is 0 Å². The molecule has 0 aromatic heterocycles. The van der Waals surface area contributed by atoms with Gasteiger partial charge < -0.3 is 10.6 Å². The van der Waals surface area contributed by atoms with Crippen LogP contribution in [0.2, 0.25) is 5.02 Å². The Kier molecular flexibility index (Phi) is 3.55. The summed E-state index contributed by atoms with van der Waals surface area (Å²) < 4.78 is 0. The van der Waals surface area contributed by atoms with Gasteiger partial charge in [0.25, 0.3) is 0 Å². The van der Waals surface area contributed by atoms with Crippen molar-refractivity contribution < 1.29 is 0 Å². The molecule has 2 nitrogen and oxygen atoms in total. The van der Waals surface area contributed by atoms with Crippen LogP contribution in [-0.4, -0.2) is 7.05 Å². The molecule has 17 heavy (non-hydrogen) atoms. The quantitative estimate of drug-likeness (QED) is 0.840. The first-order chi connectivity index (χ1) is 8.16. The number of anilines is 2. The molecule has 0 bridgehead atoms. The molecule has 0 saturated carbocycles. The maximum atomic E-state index is 6.14. The molecule has 0 fully saturated rings. The molecule has 0 aliphatic heterocycles. The van der Waals surface area contributed by atoms with Crippen LogP contribution in [0.1, 0.15) is 5.56 Å². The highest BCUT2D eigenvalue weighted by Crippen LogP contribution is 2.21. The highest BCUT2D eigenvalue weighted by Gasteiger charge is 2.04. The monoisotopic (exact) mass is 246 g/mol. The van der Waals surface area contributed by atoms with Crippen molar-refractivity contribution in [3.63, 3.8) is 0 Å². The molecule has 0 heterocycles.